The number of hydrogen-bond donors (Lipinski definition) is 1. The van der Waals surface area contributed by atoms with Crippen LogP contribution in [0.2, 0.25) is 0 Å². The maximum atomic E-state index is 13.4. The number of benzene rings is 1. The van der Waals surface area contributed by atoms with Crippen LogP contribution in [0.1, 0.15) is 35.2 Å². The highest BCUT2D eigenvalue weighted by Crippen LogP contribution is 2.17. The van der Waals surface area contributed by atoms with Crippen molar-refractivity contribution in [2.45, 2.75) is 32.2 Å². The molecule has 0 spiro atoms. The lowest BCUT2D eigenvalue weighted by molar-refractivity contribution is -0.143. The molecule has 1 aliphatic heterocycles. The summed E-state index contributed by atoms with van der Waals surface area (Å²) in [6.45, 7) is 1.48. The van der Waals surface area contributed by atoms with Crippen molar-refractivity contribution in [2.75, 3.05) is 13.2 Å². The fourth-order valence-electron chi connectivity index (χ4n) is 2.54. The molecule has 2 rings (SSSR count). The first-order valence-electron chi connectivity index (χ1n) is 7.42. The van der Waals surface area contributed by atoms with Crippen LogP contribution in [0.25, 0.3) is 0 Å². The Hall–Kier alpha value is -2.44. The van der Waals surface area contributed by atoms with Gasteiger partial charge >= 0.3 is 5.97 Å². The fraction of sp³-hybridized carbons (Fsp3) is 0.438. The predicted molar refractivity (Wildman–Crippen MR) is 80.0 cm³/mol. The lowest BCUT2D eigenvalue weighted by Gasteiger charge is -2.33. The molecule has 23 heavy (non-hydrogen) atoms. The van der Waals surface area contributed by atoms with Crippen molar-refractivity contribution in [3.05, 3.63) is 35.1 Å². The standard InChI is InChI=1S/C16H19FN2O4/c1-10-5-6-11(8-12(10)17)16(22)23-9-14(20)19-7-3-2-4-13(19)15(18)21/h5-6,8,13H,2-4,7,9H2,1H3,(H2,18,21)/t13-/m0/s1. The third kappa shape index (κ3) is 4.06. The number of carbonyl (C=O) groups excluding carboxylic acids is 3. The molecule has 2 amide bonds. The summed E-state index contributed by atoms with van der Waals surface area (Å²) >= 11 is 0. The summed E-state index contributed by atoms with van der Waals surface area (Å²) in [6, 6.07) is 3.29. The first-order valence-corrected chi connectivity index (χ1v) is 7.42. The lowest BCUT2D eigenvalue weighted by atomic mass is 10.0. The number of primary amides is 1. The van der Waals surface area contributed by atoms with Gasteiger partial charge in [0.25, 0.3) is 5.91 Å². The fourth-order valence-corrected chi connectivity index (χ4v) is 2.54. The number of rotatable bonds is 4. The molecule has 7 heteroatoms. The number of amides is 2. The number of aryl methyl sites for hydroxylation is 1. The van der Waals surface area contributed by atoms with Crippen molar-refractivity contribution >= 4 is 17.8 Å². The normalized spacial score (nSPS) is 17.7. The molecule has 0 saturated carbocycles. The minimum Gasteiger partial charge on any atom is -0.452 e. The maximum absolute atomic E-state index is 13.4. The van der Waals surface area contributed by atoms with Crippen molar-refractivity contribution in [2.24, 2.45) is 5.73 Å². The average molecular weight is 322 g/mol. The van der Waals surface area contributed by atoms with Crippen LogP contribution in [0.3, 0.4) is 0 Å². The first-order chi connectivity index (χ1) is 10.9. The summed E-state index contributed by atoms with van der Waals surface area (Å²) in [7, 11) is 0. The van der Waals surface area contributed by atoms with Gasteiger partial charge in [0.15, 0.2) is 6.61 Å². The Labute approximate surface area is 133 Å². The summed E-state index contributed by atoms with van der Waals surface area (Å²) in [5.74, 6) is -2.35. The largest absolute Gasteiger partial charge is 0.452 e. The molecule has 1 saturated heterocycles. The first kappa shape index (κ1) is 16.9. The number of nitrogens with zero attached hydrogens (tertiary/aromatic N) is 1. The number of esters is 1. The number of ether oxygens (including phenoxy) is 1. The van der Waals surface area contributed by atoms with Crippen LogP contribution in [-0.4, -0.2) is 41.9 Å². The quantitative estimate of drug-likeness (QED) is 0.842. The van der Waals surface area contributed by atoms with Crippen LogP contribution in [0, 0.1) is 12.7 Å². The molecule has 2 N–H and O–H groups in total. The van der Waals surface area contributed by atoms with Crippen molar-refractivity contribution in [3.63, 3.8) is 0 Å². The number of halogens is 1. The van der Waals surface area contributed by atoms with Gasteiger partial charge in [0.05, 0.1) is 5.56 Å². The van der Waals surface area contributed by atoms with Gasteiger partial charge in [-0.1, -0.05) is 6.07 Å². The van der Waals surface area contributed by atoms with Gasteiger partial charge in [-0.25, -0.2) is 9.18 Å². The van der Waals surface area contributed by atoms with Gasteiger partial charge in [0, 0.05) is 6.54 Å². The molecule has 1 atom stereocenters. The topological polar surface area (TPSA) is 89.7 Å². The third-order valence-electron chi connectivity index (χ3n) is 3.89. The second-order valence-corrected chi connectivity index (χ2v) is 5.54. The highest BCUT2D eigenvalue weighted by molar-refractivity contribution is 5.92. The average Bonchev–Trinajstić information content (AvgIpc) is 2.54. The van der Waals surface area contributed by atoms with E-state index in [9.17, 15) is 18.8 Å². The van der Waals surface area contributed by atoms with Crippen molar-refractivity contribution in [3.8, 4) is 0 Å². The van der Waals surface area contributed by atoms with E-state index >= 15 is 0 Å². The lowest BCUT2D eigenvalue weighted by Crippen LogP contribution is -2.51. The Morgan fingerprint density at radius 1 is 1.35 bits per heavy atom. The maximum Gasteiger partial charge on any atom is 0.338 e. The molecule has 124 valence electrons. The summed E-state index contributed by atoms with van der Waals surface area (Å²) in [5, 5.41) is 0. The monoisotopic (exact) mass is 322 g/mol. The van der Waals surface area contributed by atoms with E-state index in [0.717, 1.165) is 18.9 Å². The third-order valence-corrected chi connectivity index (χ3v) is 3.89. The molecule has 1 aliphatic rings. The molecule has 1 fully saturated rings. The van der Waals surface area contributed by atoms with E-state index in [4.69, 9.17) is 10.5 Å². The molecule has 1 aromatic carbocycles. The van der Waals surface area contributed by atoms with Gasteiger partial charge in [-0.2, -0.15) is 0 Å². The predicted octanol–water partition coefficient (Wildman–Crippen LogP) is 1.16. The van der Waals surface area contributed by atoms with E-state index in [2.05, 4.69) is 0 Å². The zero-order valence-electron chi connectivity index (χ0n) is 12.9. The molecule has 0 aliphatic carbocycles. The van der Waals surface area contributed by atoms with E-state index in [1.807, 2.05) is 0 Å². The van der Waals surface area contributed by atoms with Crippen molar-refractivity contribution in [1.82, 2.24) is 4.90 Å². The molecular formula is C16H19FN2O4. The van der Waals surface area contributed by atoms with E-state index in [-0.39, 0.29) is 5.56 Å². The second-order valence-electron chi connectivity index (χ2n) is 5.54. The van der Waals surface area contributed by atoms with E-state index in [1.165, 1.54) is 17.0 Å². The van der Waals surface area contributed by atoms with Crippen molar-refractivity contribution < 1.29 is 23.5 Å². The Bertz CT molecular complexity index is 633. The minimum atomic E-state index is -0.787. The van der Waals surface area contributed by atoms with Gasteiger partial charge in [0.1, 0.15) is 11.9 Å². The Balaban J connectivity index is 1.96. The molecular weight excluding hydrogens is 303 g/mol. The van der Waals surface area contributed by atoms with Crippen LogP contribution >= 0.6 is 0 Å². The molecule has 0 bridgehead atoms. The number of likely N-dealkylation sites (tertiary alicyclic amines) is 1. The zero-order chi connectivity index (χ0) is 17.0. The van der Waals surface area contributed by atoms with Gasteiger partial charge < -0.3 is 15.4 Å². The second kappa shape index (κ2) is 7.21. The number of hydrogen-bond acceptors (Lipinski definition) is 4. The Morgan fingerprint density at radius 2 is 2.09 bits per heavy atom. The summed E-state index contributed by atoms with van der Waals surface area (Å²) in [5.41, 5.74) is 5.74. The van der Waals surface area contributed by atoms with Crippen LogP contribution in [-0.2, 0) is 14.3 Å². The molecule has 1 heterocycles. The molecule has 6 nitrogen and oxygen atoms in total. The summed E-state index contributed by atoms with van der Waals surface area (Å²) in [4.78, 5) is 36.7. The summed E-state index contributed by atoms with van der Waals surface area (Å²) in [6.07, 6.45) is 2.10. The molecule has 1 aromatic rings. The Kier molecular flexibility index (Phi) is 5.31. The van der Waals surface area contributed by atoms with Crippen LogP contribution < -0.4 is 5.73 Å². The van der Waals surface area contributed by atoms with Crippen LogP contribution in [0.5, 0.6) is 0 Å². The number of piperidine rings is 1. The minimum absolute atomic E-state index is 0.0333. The molecule has 0 aromatic heterocycles. The van der Waals surface area contributed by atoms with Gasteiger partial charge in [-0.15, -0.1) is 0 Å². The van der Waals surface area contributed by atoms with Crippen molar-refractivity contribution in [1.29, 1.82) is 0 Å². The van der Waals surface area contributed by atoms with Crippen LogP contribution in [0.4, 0.5) is 4.39 Å². The molecule has 0 radical (unpaired) electrons. The van der Waals surface area contributed by atoms with E-state index in [1.54, 1.807) is 6.92 Å². The van der Waals surface area contributed by atoms with E-state index in [0.29, 0.717) is 18.5 Å². The molecule has 0 unspecified atom stereocenters. The SMILES string of the molecule is Cc1ccc(C(=O)OCC(=O)N2CCCC[C@H]2C(N)=O)cc1F. The highest BCUT2D eigenvalue weighted by atomic mass is 19.1. The summed E-state index contributed by atoms with van der Waals surface area (Å²) < 4.78 is 18.4. The Morgan fingerprint density at radius 3 is 2.74 bits per heavy atom. The van der Waals surface area contributed by atoms with Gasteiger partial charge in [0.2, 0.25) is 5.91 Å². The van der Waals surface area contributed by atoms with Gasteiger partial charge in [-0.3, -0.25) is 9.59 Å². The number of carbonyl (C=O) groups is 3. The van der Waals surface area contributed by atoms with E-state index < -0.39 is 36.2 Å². The van der Waals surface area contributed by atoms with Gasteiger partial charge in [-0.05, 0) is 43.9 Å². The van der Waals surface area contributed by atoms with Crippen LogP contribution in [0.15, 0.2) is 18.2 Å². The highest BCUT2D eigenvalue weighted by Gasteiger charge is 2.31. The number of nitrogens with two attached hydrogens (primary N) is 1. The zero-order valence-corrected chi connectivity index (χ0v) is 12.9. The smallest absolute Gasteiger partial charge is 0.338 e.